The molecule has 0 aliphatic carbocycles. The molecule has 3 heteroatoms. The SMILES string of the molecule is c1ccc2c(C3NCCS3)csc2c1. The number of fused-ring (bicyclic) bond motifs is 1. The lowest BCUT2D eigenvalue weighted by atomic mass is 10.2. The van der Waals surface area contributed by atoms with Crippen molar-refractivity contribution in [2.45, 2.75) is 5.37 Å². The van der Waals surface area contributed by atoms with Crippen molar-refractivity contribution in [1.29, 1.82) is 0 Å². The molecular formula is C11H11NS2. The first-order chi connectivity index (χ1) is 6.95. The summed E-state index contributed by atoms with van der Waals surface area (Å²) in [4.78, 5) is 0. The number of benzene rings is 1. The highest BCUT2D eigenvalue weighted by atomic mass is 32.2. The molecule has 1 aliphatic heterocycles. The Kier molecular flexibility index (Phi) is 2.24. The van der Waals surface area contributed by atoms with Crippen LogP contribution in [0, 0.1) is 0 Å². The molecule has 1 aromatic carbocycles. The van der Waals surface area contributed by atoms with Gasteiger partial charge in [0.1, 0.15) is 0 Å². The van der Waals surface area contributed by atoms with Gasteiger partial charge in [-0.1, -0.05) is 18.2 Å². The van der Waals surface area contributed by atoms with E-state index in [4.69, 9.17) is 0 Å². The summed E-state index contributed by atoms with van der Waals surface area (Å²) in [6.07, 6.45) is 0. The van der Waals surface area contributed by atoms with Crippen molar-refractivity contribution in [3.8, 4) is 0 Å². The fraction of sp³-hybridized carbons (Fsp3) is 0.273. The number of nitrogens with one attached hydrogen (secondary N) is 1. The molecule has 2 aromatic rings. The number of rotatable bonds is 1. The number of hydrogen-bond donors (Lipinski definition) is 1. The smallest absolute Gasteiger partial charge is 0.0804 e. The first-order valence-electron chi connectivity index (χ1n) is 4.76. The summed E-state index contributed by atoms with van der Waals surface area (Å²) in [6, 6.07) is 8.65. The monoisotopic (exact) mass is 221 g/mol. The van der Waals surface area contributed by atoms with Crippen LogP contribution in [0.25, 0.3) is 10.1 Å². The Hall–Kier alpha value is -0.510. The van der Waals surface area contributed by atoms with Gasteiger partial charge < -0.3 is 5.32 Å². The molecule has 1 unspecified atom stereocenters. The van der Waals surface area contributed by atoms with Crippen molar-refractivity contribution in [2.24, 2.45) is 0 Å². The standard InChI is InChI=1S/C11H11NS2/c1-2-4-10-8(3-1)9(7-14-10)11-12-5-6-13-11/h1-4,7,11-12H,5-6H2. The summed E-state index contributed by atoms with van der Waals surface area (Å²) in [5.74, 6) is 1.23. The molecule has 1 saturated heterocycles. The largest absolute Gasteiger partial charge is 0.301 e. The van der Waals surface area contributed by atoms with E-state index in [1.807, 2.05) is 23.1 Å². The Morgan fingerprint density at radius 3 is 3.07 bits per heavy atom. The van der Waals surface area contributed by atoms with Crippen LogP contribution in [-0.4, -0.2) is 12.3 Å². The topological polar surface area (TPSA) is 12.0 Å². The molecule has 1 N–H and O–H groups in total. The maximum absolute atomic E-state index is 3.52. The van der Waals surface area contributed by atoms with Crippen LogP contribution in [0.1, 0.15) is 10.9 Å². The molecule has 14 heavy (non-hydrogen) atoms. The van der Waals surface area contributed by atoms with Gasteiger partial charge in [0.2, 0.25) is 0 Å². The zero-order valence-corrected chi connectivity index (χ0v) is 9.33. The van der Waals surface area contributed by atoms with E-state index in [1.54, 1.807) is 0 Å². The van der Waals surface area contributed by atoms with E-state index >= 15 is 0 Å². The minimum absolute atomic E-state index is 0.520. The Bertz CT molecular complexity index is 443. The fourth-order valence-electron chi connectivity index (χ4n) is 1.83. The zero-order chi connectivity index (χ0) is 9.38. The zero-order valence-electron chi connectivity index (χ0n) is 7.69. The lowest BCUT2D eigenvalue weighted by molar-refractivity contribution is 0.757. The molecule has 0 saturated carbocycles. The summed E-state index contributed by atoms with van der Waals surface area (Å²) in [6.45, 7) is 1.14. The predicted molar refractivity (Wildman–Crippen MR) is 65.0 cm³/mol. The van der Waals surface area contributed by atoms with Crippen LogP contribution in [0.2, 0.25) is 0 Å². The molecule has 0 spiro atoms. The third-order valence-corrected chi connectivity index (χ3v) is 4.69. The normalized spacial score (nSPS) is 21.9. The van der Waals surface area contributed by atoms with Gasteiger partial charge >= 0.3 is 0 Å². The van der Waals surface area contributed by atoms with E-state index < -0.39 is 0 Å². The molecule has 1 aromatic heterocycles. The van der Waals surface area contributed by atoms with Gasteiger partial charge in [-0.2, -0.15) is 0 Å². The van der Waals surface area contributed by atoms with E-state index in [1.165, 1.54) is 21.4 Å². The van der Waals surface area contributed by atoms with Crippen LogP contribution in [0.4, 0.5) is 0 Å². The summed E-state index contributed by atoms with van der Waals surface area (Å²) < 4.78 is 1.40. The summed E-state index contributed by atoms with van der Waals surface area (Å²) in [5.41, 5.74) is 1.47. The highest BCUT2D eigenvalue weighted by Gasteiger charge is 2.19. The molecule has 1 aliphatic rings. The Morgan fingerprint density at radius 2 is 2.21 bits per heavy atom. The number of hydrogen-bond acceptors (Lipinski definition) is 3. The van der Waals surface area contributed by atoms with Crippen LogP contribution in [0.5, 0.6) is 0 Å². The Morgan fingerprint density at radius 1 is 1.29 bits per heavy atom. The van der Waals surface area contributed by atoms with Crippen molar-refractivity contribution in [1.82, 2.24) is 5.32 Å². The van der Waals surface area contributed by atoms with Crippen molar-refractivity contribution in [3.05, 3.63) is 35.2 Å². The summed E-state index contributed by atoms with van der Waals surface area (Å²) in [7, 11) is 0. The van der Waals surface area contributed by atoms with Gasteiger partial charge in [0.05, 0.1) is 5.37 Å². The molecule has 1 atom stereocenters. The lowest BCUT2D eigenvalue weighted by Gasteiger charge is -2.07. The average molecular weight is 221 g/mol. The van der Waals surface area contributed by atoms with Crippen LogP contribution in [0.15, 0.2) is 29.6 Å². The van der Waals surface area contributed by atoms with E-state index in [0.29, 0.717) is 5.37 Å². The van der Waals surface area contributed by atoms with Crippen molar-refractivity contribution in [2.75, 3.05) is 12.3 Å². The molecule has 0 radical (unpaired) electrons. The molecule has 72 valence electrons. The van der Waals surface area contributed by atoms with Gasteiger partial charge in [-0.3, -0.25) is 0 Å². The highest BCUT2D eigenvalue weighted by Crippen LogP contribution is 2.37. The van der Waals surface area contributed by atoms with Crippen LogP contribution < -0.4 is 5.32 Å². The van der Waals surface area contributed by atoms with E-state index in [0.717, 1.165) is 6.54 Å². The van der Waals surface area contributed by atoms with Crippen molar-refractivity contribution >= 4 is 33.2 Å². The Balaban J connectivity index is 2.11. The maximum atomic E-state index is 3.52. The third kappa shape index (κ3) is 1.36. The van der Waals surface area contributed by atoms with E-state index in [-0.39, 0.29) is 0 Å². The first kappa shape index (κ1) is 8.77. The van der Waals surface area contributed by atoms with Crippen LogP contribution in [0.3, 0.4) is 0 Å². The van der Waals surface area contributed by atoms with Crippen LogP contribution >= 0.6 is 23.1 Å². The predicted octanol–water partition coefficient (Wildman–Crippen LogP) is 3.24. The molecule has 0 amide bonds. The summed E-state index contributed by atoms with van der Waals surface area (Å²) >= 11 is 3.86. The third-order valence-electron chi connectivity index (χ3n) is 2.51. The molecule has 2 heterocycles. The number of thioether (sulfide) groups is 1. The minimum atomic E-state index is 0.520. The second kappa shape index (κ2) is 3.57. The van der Waals surface area contributed by atoms with Gasteiger partial charge in [0.25, 0.3) is 0 Å². The van der Waals surface area contributed by atoms with Gasteiger partial charge in [-0.05, 0) is 22.4 Å². The van der Waals surface area contributed by atoms with E-state index in [2.05, 4.69) is 35.0 Å². The quantitative estimate of drug-likeness (QED) is 0.793. The minimum Gasteiger partial charge on any atom is -0.301 e. The van der Waals surface area contributed by atoms with Gasteiger partial charge in [-0.25, -0.2) is 0 Å². The second-order valence-corrected chi connectivity index (χ2v) is 5.52. The van der Waals surface area contributed by atoms with Gasteiger partial charge in [0.15, 0.2) is 0 Å². The summed E-state index contributed by atoms with van der Waals surface area (Å²) in [5, 5.41) is 7.75. The molecule has 1 nitrogen and oxygen atoms in total. The maximum Gasteiger partial charge on any atom is 0.0804 e. The lowest BCUT2D eigenvalue weighted by Crippen LogP contribution is -2.11. The van der Waals surface area contributed by atoms with Crippen molar-refractivity contribution < 1.29 is 0 Å². The molecule has 0 bridgehead atoms. The van der Waals surface area contributed by atoms with Crippen molar-refractivity contribution in [3.63, 3.8) is 0 Å². The highest BCUT2D eigenvalue weighted by molar-refractivity contribution is 7.99. The molecule has 1 fully saturated rings. The van der Waals surface area contributed by atoms with E-state index in [9.17, 15) is 0 Å². The molecule has 3 rings (SSSR count). The van der Waals surface area contributed by atoms with Gasteiger partial charge in [0, 0.05) is 17.0 Å². The number of thiophene rings is 1. The Labute approximate surface area is 91.5 Å². The second-order valence-electron chi connectivity index (χ2n) is 3.39. The molecular weight excluding hydrogens is 210 g/mol. The first-order valence-corrected chi connectivity index (χ1v) is 6.69. The van der Waals surface area contributed by atoms with Crippen LogP contribution in [-0.2, 0) is 0 Å². The average Bonchev–Trinajstić information content (AvgIpc) is 2.85. The fourth-order valence-corrected chi connectivity index (χ4v) is 3.98. The van der Waals surface area contributed by atoms with Gasteiger partial charge in [-0.15, -0.1) is 23.1 Å².